The summed E-state index contributed by atoms with van der Waals surface area (Å²) in [6.07, 6.45) is 9.57. The maximum absolute atomic E-state index is 13.3. The SMILES string of the molecule is C[C@]12CC[C@H]3[C@@H](CCC4=CC(=O)CC[C@@]43C)[C@@H]1CC[C@@H]2C(=O)COC(=O)COC(=O)c1cccc(I)c1. The van der Waals surface area contributed by atoms with Gasteiger partial charge in [-0.05, 0) is 120 Å². The Bertz CT molecular complexity index is 1160. The molecule has 5 rings (SSSR count). The minimum Gasteiger partial charge on any atom is -0.455 e. The van der Waals surface area contributed by atoms with E-state index in [0.717, 1.165) is 48.5 Å². The predicted octanol–water partition coefficient (Wildman–Crippen LogP) is 5.71. The molecule has 1 aromatic carbocycles. The number of halogens is 1. The molecule has 0 spiro atoms. The number of benzene rings is 1. The van der Waals surface area contributed by atoms with Crippen molar-refractivity contribution >= 4 is 46.1 Å². The Morgan fingerprint density at radius 1 is 0.973 bits per heavy atom. The molecule has 4 aliphatic rings. The molecule has 0 bridgehead atoms. The van der Waals surface area contributed by atoms with Crippen molar-refractivity contribution < 1.29 is 28.7 Å². The van der Waals surface area contributed by atoms with Crippen molar-refractivity contribution in [1.82, 2.24) is 0 Å². The zero-order chi connectivity index (χ0) is 26.4. The van der Waals surface area contributed by atoms with Crippen molar-refractivity contribution in [2.45, 2.75) is 65.2 Å². The summed E-state index contributed by atoms with van der Waals surface area (Å²) in [5.41, 5.74) is 1.76. The maximum Gasteiger partial charge on any atom is 0.344 e. The standard InChI is InChI=1S/C30H35IO6/c1-29-12-10-21(32)15-19(29)6-7-22-23-8-9-25(30(23,2)13-11-24(22)29)26(33)16-36-27(34)17-37-28(35)18-4-3-5-20(31)14-18/h3-5,14-15,22-25H,6-13,16-17H2,1-2H3/t22-,23-,24-,25+,29-,30-/m0/s1. The van der Waals surface area contributed by atoms with Crippen LogP contribution in [0.2, 0.25) is 0 Å². The van der Waals surface area contributed by atoms with E-state index >= 15 is 0 Å². The van der Waals surface area contributed by atoms with E-state index in [0.29, 0.717) is 29.7 Å². The Labute approximate surface area is 232 Å². The van der Waals surface area contributed by atoms with Crippen LogP contribution in [0.3, 0.4) is 0 Å². The Kier molecular flexibility index (Phi) is 7.37. The summed E-state index contributed by atoms with van der Waals surface area (Å²) in [5, 5.41) is 0. The first-order valence-corrected chi connectivity index (χ1v) is 14.5. The van der Waals surface area contributed by atoms with Gasteiger partial charge in [0.15, 0.2) is 18.2 Å². The molecule has 7 heteroatoms. The van der Waals surface area contributed by atoms with Crippen LogP contribution in [0, 0.1) is 38.1 Å². The van der Waals surface area contributed by atoms with Gasteiger partial charge < -0.3 is 9.47 Å². The molecule has 0 unspecified atom stereocenters. The lowest BCUT2D eigenvalue weighted by Crippen LogP contribution is -2.51. The lowest BCUT2D eigenvalue weighted by atomic mass is 9.46. The van der Waals surface area contributed by atoms with Crippen molar-refractivity contribution in [2.24, 2.45) is 34.5 Å². The first-order valence-electron chi connectivity index (χ1n) is 13.5. The molecule has 0 amide bonds. The van der Waals surface area contributed by atoms with E-state index in [1.54, 1.807) is 18.2 Å². The van der Waals surface area contributed by atoms with Gasteiger partial charge in [-0.25, -0.2) is 9.59 Å². The molecule has 6 nitrogen and oxygen atoms in total. The van der Waals surface area contributed by atoms with E-state index < -0.39 is 18.5 Å². The van der Waals surface area contributed by atoms with E-state index in [1.807, 2.05) is 12.1 Å². The first kappa shape index (κ1) is 26.6. The van der Waals surface area contributed by atoms with E-state index in [9.17, 15) is 19.2 Å². The van der Waals surface area contributed by atoms with Gasteiger partial charge in [0, 0.05) is 15.9 Å². The molecule has 0 saturated heterocycles. The molecular formula is C30H35IO6. The third-order valence-corrected chi connectivity index (χ3v) is 10.8. The molecule has 198 valence electrons. The lowest BCUT2D eigenvalue weighted by molar-refractivity contribution is -0.153. The molecule has 3 saturated carbocycles. The van der Waals surface area contributed by atoms with Crippen LogP contribution in [0.4, 0.5) is 0 Å². The predicted molar refractivity (Wildman–Crippen MR) is 146 cm³/mol. The number of hydrogen-bond donors (Lipinski definition) is 0. The van der Waals surface area contributed by atoms with Crippen LogP contribution in [-0.4, -0.2) is 36.7 Å². The van der Waals surface area contributed by atoms with Gasteiger partial charge in [-0.2, -0.15) is 0 Å². The Morgan fingerprint density at radius 3 is 2.57 bits per heavy atom. The summed E-state index contributed by atoms with van der Waals surface area (Å²) in [5.74, 6) is 0.486. The zero-order valence-corrected chi connectivity index (χ0v) is 23.8. The van der Waals surface area contributed by atoms with Crippen molar-refractivity contribution in [1.29, 1.82) is 0 Å². The monoisotopic (exact) mass is 618 g/mol. The molecule has 1 aromatic rings. The summed E-state index contributed by atoms with van der Waals surface area (Å²) in [6.45, 7) is 3.86. The molecule has 6 atom stereocenters. The quantitative estimate of drug-likeness (QED) is 0.300. The number of esters is 2. The van der Waals surface area contributed by atoms with Gasteiger partial charge in [0.05, 0.1) is 5.56 Å². The Hall–Kier alpha value is -2.03. The molecular weight excluding hydrogens is 583 g/mol. The van der Waals surface area contributed by atoms with Crippen LogP contribution in [0.1, 0.15) is 75.6 Å². The molecule has 0 heterocycles. The van der Waals surface area contributed by atoms with E-state index in [2.05, 4.69) is 36.4 Å². The van der Waals surface area contributed by atoms with Crippen LogP contribution in [-0.2, 0) is 23.9 Å². The zero-order valence-electron chi connectivity index (χ0n) is 21.6. The third kappa shape index (κ3) is 4.92. The van der Waals surface area contributed by atoms with E-state index in [-0.39, 0.29) is 34.9 Å². The largest absolute Gasteiger partial charge is 0.455 e. The number of carbonyl (C=O) groups excluding carboxylic acids is 4. The smallest absolute Gasteiger partial charge is 0.344 e. The van der Waals surface area contributed by atoms with Crippen LogP contribution < -0.4 is 0 Å². The molecule has 0 aromatic heterocycles. The molecule has 0 N–H and O–H groups in total. The number of rotatable bonds is 6. The van der Waals surface area contributed by atoms with Gasteiger partial charge in [-0.1, -0.05) is 25.5 Å². The number of hydrogen-bond acceptors (Lipinski definition) is 6. The number of Topliss-reactive ketones (excluding diaryl/α,β-unsaturated/α-hetero) is 1. The lowest BCUT2D eigenvalue weighted by Gasteiger charge is -2.58. The normalized spacial score (nSPS) is 34.5. The molecule has 0 aliphatic heterocycles. The summed E-state index contributed by atoms with van der Waals surface area (Å²) >= 11 is 2.10. The molecule has 4 aliphatic carbocycles. The van der Waals surface area contributed by atoms with E-state index in [1.165, 1.54) is 5.57 Å². The summed E-state index contributed by atoms with van der Waals surface area (Å²) in [4.78, 5) is 49.7. The first-order chi connectivity index (χ1) is 17.6. The van der Waals surface area contributed by atoms with Crippen molar-refractivity contribution in [3.05, 3.63) is 45.0 Å². The Morgan fingerprint density at radius 2 is 1.78 bits per heavy atom. The van der Waals surface area contributed by atoms with E-state index in [4.69, 9.17) is 9.47 Å². The van der Waals surface area contributed by atoms with Gasteiger partial charge in [-0.3, -0.25) is 9.59 Å². The third-order valence-electron chi connectivity index (χ3n) is 10.1. The van der Waals surface area contributed by atoms with Crippen LogP contribution >= 0.6 is 22.6 Å². The highest BCUT2D eigenvalue weighted by molar-refractivity contribution is 14.1. The minimum absolute atomic E-state index is 0.0217. The van der Waals surface area contributed by atoms with Crippen molar-refractivity contribution in [3.8, 4) is 0 Å². The van der Waals surface area contributed by atoms with Crippen molar-refractivity contribution in [3.63, 3.8) is 0 Å². The second kappa shape index (κ2) is 10.3. The van der Waals surface area contributed by atoms with Crippen LogP contribution in [0.15, 0.2) is 35.9 Å². The topological polar surface area (TPSA) is 86.7 Å². The van der Waals surface area contributed by atoms with Crippen LogP contribution in [0.5, 0.6) is 0 Å². The van der Waals surface area contributed by atoms with Gasteiger partial charge in [0.2, 0.25) is 0 Å². The summed E-state index contributed by atoms with van der Waals surface area (Å²) in [6, 6.07) is 6.92. The molecule has 37 heavy (non-hydrogen) atoms. The fourth-order valence-electron chi connectivity index (χ4n) is 8.21. The fraction of sp³-hybridized carbons (Fsp3) is 0.600. The molecule has 0 radical (unpaired) electrons. The highest BCUT2D eigenvalue weighted by Crippen LogP contribution is 2.66. The highest BCUT2D eigenvalue weighted by atomic mass is 127. The Balaban J connectivity index is 1.17. The highest BCUT2D eigenvalue weighted by Gasteiger charge is 2.60. The molecule has 3 fully saturated rings. The average molecular weight is 619 g/mol. The number of ketones is 2. The summed E-state index contributed by atoms with van der Waals surface area (Å²) in [7, 11) is 0. The minimum atomic E-state index is -0.706. The van der Waals surface area contributed by atoms with Crippen molar-refractivity contribution in [2.75, 3.05) is 13.2 Å². The maximum atomic E-state index is 13.3. The second-order valence-electron chi connectivity index (χ2n) is 11.9. The van der Waals surface area contributed by atoms with Gasteiger partial charge >= 0.3 is 11.9 Å². The second-order valence-corrected chi connectivity index (χ2v) is 13.1. The number of fused-ring (bicyclic) bond motifs is 5. The average Bonchev–Trinajstić information content (AvgIpc) is 3.23. The number of carbonyl (C=O) groups is 4. The van der Waals surface area contributed by atoms with Gasteiger partial charge in [0.1, 0.15) is 6.61 Å². The fourth-order valence-corrected chi connectivity index (χ4v) is 8.75. The number of allylic oxidation sites excluding steroid dienone is 1. The van der Waals surface area contributed by atoms with Gasteiger partial charge in [-0.15, -0.1) is 0 Å². The summed E-state index contributed by atoms with van der Waals surface area (Å²) < 4.78 is 11.2. The van der Waals surface area contributed by atoms with Gasteiger partial charge in [0.25, 0.3) is 0 Å². The number of ether oxygens (including phenoxy) is 2. The van der Waals surface area contributed by atoms with Crippen LogP contribution in [0.25, 0.3) is 0 Å².